The van der Waals surface area contributed by atoms with Crippen LogP contribution in [0.5, 0.6) is 11.5 Å². The molecule has 0 fully saturated rings. The lowest BCUT2D eigenvalue weighted by atomic mass is 10.2. The first-order valence-electron chi connectivity index (χ1n) is 8.42. The first-order chi connectivity index (χ1) is 13.3. The van der Waals surface area contributed by atoms with Crippen molar-refractivity contribution in [3.05, 3.63) is 58.1 Å². The number of benzene rings is 2. The molecule has 0 heterocycles. The van der Waals surface area contributed by atoms with E-state index in [1.54, 1.807) is 13.0 Å². The standard InChI is InChI=1S/C19H20N2O7/c1-4-27-17-11-13(5-10-16(17)26-3)19(23)28-12(2)18(22)20-14-6-8-15(9-7-14)21(24)25/h5-12H,4H2,1-3H3,(H,20,22). The van der Waals surface area contributed by atoms with Crippen LogP contribution in [0, 0.1) is 10.1 Å². The molecule has 0 aliphatic rings. The Hall–Kier alpha value is -3.62. The molecule has 2 aromatic carbocycles. The molecule has 9 heteroatoms. The Labute approximate surface area is 161 Å². The first-order valence-corrected chi connectivity index (χ1v) is 8.42. The van der Waals surface area contributed by atoms with Crippen LogP contribution in [0.2, 0.25) is 0 Å². The number of ether oxygens (including phenoxy) is 3. The fraction of sp³-hybridized carbons (Fsp3) is 0.263. The average Bonchev–Trinajstić information content (AvgIpc) is 2.68. The molecule has 1 atom stereocenters. The summed E-state index contributed by atoms with van der Waals surface area (Å²) in [6.07, 6.45) is -1.08. The van der Waals surface area contributed by atoms with Crippen molar-refractivity contribution in [2.24, 2.45) is 0 Å². The molecule has 0 spiro atoms. The zero-order chi connectivity index (χ0) is 20.7. The van der Waals surface area contributed by atoms with Crippen molar-refractivity contribution in [2.75, 3.05) is 19.0 Å². The molecule has 0 aliphatic heterocycles. The number of rotatable bonds is 8. The van der Waals surface area contributed by atoms with Crippen LogP contribution < -0.4 is 14.8 Å². The Kier molecular flexibility index (Phi) is 6.91. The van der Waals surface area contributed by atoms with Crippen molar-refractivity contribution >= 4 is 23.3 Å². The van der Waals surface area contributed by atoms with Gasteiger partial charge in [0.15, 0.2) is 17.6 Å². The largest absolute Gasteiger partial charge is 0.493 e. The highest BCUT2D eigenvalue weighted by atomic mass is 16.6. The number of hydrogen-bond donors (Lipinski definition) is 1. The van der Waals surface area contributed by atoms with Gasteiger partial charge in [-0.25, -0.2) is 4.79 Å². The highest BCUT2D eigenvalue weighted by Gasteiger charge is 2.20. The highest BCUT2D eigenvalue weighted by molar-refractivity contribution is 5.97. The second-order valence-corrected chi connectivity index (χ2v) is 5.64. The van der Waals surface area contributed by atoms with Crippen LogP contribution in [0.4, 0.5) is 11.4 Å². The van der Waals surface area contributed by atoms with E-state index in [1.165, 1.54) is 50.4 Å². The van der Waals surface area contributed by atoms with E-state index < -0.39 is 22.9 Å². The summed E-state index contributed by atoms with van der Waals surface area (Å²) < 4.78 is 15.8. The van der Waals surface area contributed by atoms with E-state index in [0.717, 1.165) is 0 Å². The summed E-state index contributed by atoms with van der Waals surface area (Å²) >= 11 is 0. The SMILES string of the molecule is CCOc1cc(C(=O)OC(C)C(=O)Nc2ccc([N+](=O)[O-])cc2)ccc1OC. The van der Waals surface area contributed by atoms with Crippen molar-refractivity contribution in [1.29, 1.82) is 0 Å². The second kappa shape index (κ2) is 9.36. The van der Waals surface area contributed by atoms with E-state index in [1.807, 2.05) is 0 Å². The predicted molar refractivity (Wildman–Crippen MR) is 101 cm³/mol. The van der Waals surface area contributed by atoms with Gasteiger partial charge in [-0.3, -0.25) is 14.9 Å². The van der Waals surface area contributed by atoms with Crippen LogP contribution >= 0.6 is 0 Å². The van der Waals surface area contributed by atoms with Gasteiger partial charge in [0, 0.05) is 17.8 Å². The normalized spacial score (nSPS) is 11.2. The van der Waals surface area contributed by atoms with E-state index >= 15 is 0 Å². The summed E-state index contributed by atoms with van der Waals surface area (Å²) in [5, 5.41) is 13.2. The molecule has 0 saturated carbocycles. The van der Waals surface area contributed by atoms with Gasteiger partial charge in [-0.05, 0) is 44.2 Å². The molecule has 0 saturated heterocycles. The monoisotopic (exact) mass is 388 g/mol. The molecular weight excluding hydrogens is 368 g/mol. The number of esters is 1. The van der Waals surface area contributed by atoms with E-state index in [2.05, 4.69) is 5.32 Å². The molecule has 148 valence electrons. The maximum atomic E-state index is 12.3. The minimum absolute atomic E-state index is 0.0953. The molecule has 2 rings (SSSR count). The van der Waals surface area contributed by atoms with Crippen LogP contribution in [-0.4, -0.2) is 36.6 Å². The molecule has 2 aromatic rings. The van der Waals surface area contributed by atoms with Crippen molar-refractivity contribution in [2.45, 2.75) is 20.0 Å². The molecule has 0 radical (unpaired) electrons. The molecule has 1 amide bonds. The van der Waals surface area contributed by atoms with E-state index in [9.17, 15) is 19.7 Å². The molecule has 0 aromatic heterocycles. The fourth-order valence-electron chi connectivity index (χ4n) is 2.26. The van der Waals surface area contributed by atoms with Gasteiger partial charge in [0.25, 0.3) is 11.6 Å². The van der Waals surface area contributed by atoms with E-state index in [-0.39, 0.29) is 11.3 Å². The average molecular weight is 388 g/mol. The third-order valence-corrected chi connectivity index (χ3v) is 3.70. The zero-order valence-electron chi connectivity index (χ0n) is 15.6. The Morgan fingerprint density at radius 1 is 1.14 bits per heavy atom. The molecular formula is C19H20N2O7. The summed E-state index contributed by atoms with van der Waals surface area (Å²) in [5.41, 5.74) is 0.461. The van der Waals surface area contributed by atoms with Gasteiger partial charge < -0.3 is 19.5 Å². The number of anilines is 1. The number of nitrogens with one attached hydrogen (secondary N) is 1. The Morgan fingerprint density at radius 3 is 2.39 bits per heavy atom. The topological polar surface area (TPSA) is 117 Å². The molecule has 1 N–H and O–H groups in total. The van der Waals surface area contributed by atoms with Crippen LogP contribution in [0.15, 0.2) is 42.5 Å². The molecule has 0 aliphatic carbocycles. The Bertz CT molecular complexity index is 865. The molecule has 9 nitrogen and oxygen atoms in total. The van der Waals surface area contributed by atoms with Crippen molar-refractivity contribution in [3.8, 4) is 11.5 Å². The maximum absolute atomic E-state index is 12.3. The number of hydrogen-bond acceptors (Lipinski definition) is 7. The van der Waals surface area contributed by atoms with Crippen LogP contribution in [0.1, 0.15) is 24.2 Å². The summed E-state index contributed by atoms with van der Waals surface area (Å²) in [4.78, 5) is 34.6. The maximum Gasteiger partial charge on any atom is 0.339 e. The molecule has 28 heavy (non-hydrogen) atoms. The zero-order valence-corrected chi connectivity index (χ0v) is 15.6. The minimum atomic E-state index is -1.08. The summed E-state index contributed by atoms with van der Waals surface area (Å²) in [6.45, 7) is 3.61. The Morgan fingerprint density at radius 2 is 1.82 bits per heavy atom. The number of methoxy groups -OCH3 is 1. The minimum Gasteiger partial charge on any atom is -0.493 e. The van der Waals surface area contributed by atoms with Crippen LogP contribution in [-0.2, 0) is 9.53 Å². The van der Waals surface area contributed by atoms with Gasteiger partial charge in [0.2, 0.25) is 0 Å². The summed E-state index contributed by atoms with van der Waals surface area (Å²) in [5.74, 6) is -0.402. The number of nitrogens with zero attached hydrogens (tertiary/aromatic N) is 1. The third kappa shape index (κ3) is 5.19. The number of non-ortho nitro benzene ring substituents is 1. The summed E-state index contributed by atoms with van der Waals surface area (Å²) in [6, 6.07) is 9.86. The van der Waals surface area contributed by atoms with Crippen LogP contribution in [0.25, 0.3) is 0 Å². The summed E-state index contributed by atoms with van der Waals surface area (Å²) in [7, 11) is 1.49. The molecule has 0 bridgehead atoms. The number of carbonyl (C=O) groups is 2. The Balaban J connectivity index is 2.02. The first kappa shape index (κ1) is 20.7. The van der Waals surface area contributed by atoms with Crippen LogP contribution in [0.3, 0.4) is 0 Å². The lowest BCUT2D eigenvalue weighted by Crippen LogP contribution is -2.30. The third-order valence-electron chi connectivity index (χ3n) is 3.70. The lowest BCUT2D eigenvalue weighted by Gasteiger charge is -2.15. The van der Waals surface area contributed by atoms with Gasteiger partial charge in [0.05, 0.1) is 24.2 Å². The van der Waals surface area contributed by atoms with Gasteiger partial charge >= 0.3 is 5.97 Å². The smallest absolute Gasteiger partial charge is 0.339 e. The fourth-order valence-corrected chi connectivity index (χ4v) is 2.26. The number of carbonyl (C=O) groups excluding carboxylic acids is 2. The van der Waals surface area contributed by atoms with E-state index in [0.29, 0.717) is 23.8 Å². The molecule has 1 unspecified atom stereocenters. The van der Waals surface area contributed by atoms with Gasteiger partial charge in [-0.1, -0.05) is 0 Å². The predicted octanol–water partition coefficient (Wildman–Crippen LogP) is 3.19. The van der Waals surface area contributed by atoms with Crippen molar-refractivity contribution in [3.63, 3.8) is 0 Å². The van der Waals surface area contributed by atoms with Gasteiger partial charge in [-0.15, -0.1) is 0 Å². The highest BCUT2D eigenvalue weighted by Crippen LogP contribution is 2.28. The van der Waals surface area contributed by atoms with Crippen molar-refractivity contribution in [1.82, 2.24) is 0 Å². The second-order valence-electron chi connectivity index (χ2n) is 5.64. The van der Waals surface area contributed by atoms with Gasteiger partial charge in [-0.2, -0.15) is 0 Å². The van der Waals surface area contributed by atoms with Crippen molar-refractivity contribution < 1.29 is 28.7 Å². The number of nitro benzene ring substituents is 1. The van der Waals surface area contributed by atoms with Gasteiger partial charge in [0.1, 0.15) is 0 Å². The number of amides is 1. The van der Waals surface area contributed by atoms with E-state index in [4.69, 9.17) is 14.2 Å². The number of nitro groups is 1. The quantitative estimate of drug-likeness (QED) is 0.419. The lowest BCUT2D eigenvalue weighted by molar-refractivity contribution is -0.384.